The molecule has 2 aromatic rings. The van der Waals surface area contributed by atoms with E-state index >= 15 is 0 Å². The summed E-state index contributed by atoms with van der Waals surface area (Å²) < 4.78 is 0. The van der Waals surface area contributed by atoms with Gasteiger partial charge in [-0.1, -0.05) is 30.3 Å². The first-order valence-corrected chi connectivity index (χ1v) is 6.53. The number of amides is 1. The standard InChI is InChI=1S/C13H15N3OS/c1-9-11(18-8-16-9)7-15-13(17)12(14)10-5-3-2-4-6-10/h2-6,8,12H,7,14H2,1H3,(H,15,17)/t12-/m0/s1. The molecule has 18 heavy (non-hydrogen) atoms. The number of benzene rings is 1. The molecule has 0 spiro atoms. The molecule has 1 heterocycles. The van der Waals surface area contributed by atoms with Gasteiger partial charge in [0.15, 0.2) is 0 Å². The van der Waals surface area contributed by atoms with Gasteiger partial charge in [0.05, 0.1) is 17.7 Å². The molecule has 0 unspecified atom stereocenters. The summed E-state index contributed by atoms with van der Waals surface area (Å²) in [5.41, 5.74) is 9.43. The van der Waals surface area contributed by atoms with Crippen LogP contribution in [0.15, 0.2) is 35.8 Å². The van der Waals surface area contributed by atoms with Crippen molar-refractivity contribution in [1.29, 1.82) is 0 Å². The third-order valence-electron chi connectivity index (χ3n) is 2.71. The highest BCUT2D eigenvalue weighted by Crippen LogP contribution is 2.13. The van der Waals surface area contributed by atoms with Crippen molar-refractivity contribution in [2.24, 2.45) is 5.73 Å². The van der Waals surface area contributed by atoms with Crippen LogP contribution in [0.4, 0.5) is 0 Å². The highest BCUT2D eigenvalue weighted by atomic mass is 32.1. The van der Waals surface area contributed by atoms with Crippen molar-refractivity contribution < 1.29 is 4.79 Å². The fraction of sp³-hybridized carbons (Fsp3) is 0.231. The first-order valence-electron chi connectivity index (χ1n) is 5.65. The summed E-state index contributed by atoms with van der Waals surface area (Å²) in [5.74, 6) is -0.172. The molecule has 0 saturated carbocycles. The number of carbonyl (C=O) groups excluding carboxylic acids is 1. The second-order valence-corrected chi connectivity index (χ2v) is 4.91. The van der Waals surface area contributed by atoms with Crippen LogP contribution in [0, 0.1) is 6.92 Å². The van der Waals surface area contributed by atoms with Crippen molar-refractivity contribution in [2.45, 2.75) is 19.5 Å². The quantitative estimate of drug-likeness (QED) is 0.881. The van der Waals surface area contributed by atoms with Gasteiger partial charge in [0, 0.05) is 4.88 Å². The Kier molecular flexibility index (Phi) is 4.07. The Hall–Kier alpha value is -1.72. The molecule has 4 nitrogen and oxygen atoms in total. The van der Waals surface area contributed by atoms with Gasteiger partial charge in [0.2, 0.25) is 5.91 Å². The first-order chi connectivity index (χ1) is 8.68. The average molecular weight is 261 g/mol. The number of rotatable bonds is 4. The predicted molar refractivity (Wildman–Crippen MR) is 72.1 cm³/mol. The molecule has 2 rings (SSSR count). The van der Waals surface area contributed by atoms with Crippen molar-refractivity contribution in [1.82, 2.24) is 10.3 Å². The molecule has 0 saturated heterocycles. The van der Waals surface area contributed by atoms with Crippen molar-refractivity contribution >= 4 is 17.2 Å². The van der Waals surface area contributed by atoms with Crippen LogP contribution in [-0.4, -0.2) is 10.9 Å². The Morgan fingerprint density at radius 3 is 2.78 bits per heavy atom. The number of carbonyl (C=O) groups is 1. The lowest BCUT2D eigenvalue weighted by atomic mass is 10.1. The summed E-state index contributed by atoms with van der Waals surface area (Å²) in [5, 5.41) is 2.83. The number of nitrogens with two attached hydrogens (primary N) is 1. The Morgan fingerprint density at radius 1 is 1.44 bits per heavy atom. The Labute approximate surface area is 110 Å². The summed E-state index contributed by atoms with van der Waals surface area (Å²) in [6.45, 7) is 2.41. The van der Waals surface area contributed by atoms with Gasteiger partial charge in [0.1, 0.15) is 6.04 Å². The second-order valence-electron chi connectivity index (χ2n) is 3.97. The normalized spacial score (nSPS) is 12.1. The number of nitrogens with one attached hydrogen (secondary N) is 1. The highest BCUT2D eigenvalue weighted by molar-refractivity contribution is 7.09. The maximum atomic E-state index is 11.9. The number of hydrogen-bond donors (Lipinski definition) is 2. The smallest absolute Gasteiger partial charge is 0.241 e. The van der Waals surface area contributed by atoms with Gasteiger partial charge in [-0.05, 0) is 12.5 Å². The van der Waals surface area contributed by atoms with Crippen LogP contribution in [0.5, 0.6) is 0 Å². The fourth-order valence-corrected chi connectivity index (χ4v) is 2.30. The van der Waals surface area contributed by atoms with Gasteiger partial charge in [-0.3, -0.25) is 4.79 Å². The van der Waals surface area contributed by atoms with Crippen molar-refractivity contribution in [3.05, 3.63) is 52.0 Å². The van der Waals surface area contributed by atoms with Crippen LogP contribution < -0.4 is 11.1 Å². The van der Waals surface area contributed by atoms with E-state index in [9.17, 15) is 4.79 Å². The minimum absolute atomic E-state index is 0.172. The zero-order chi connectivity index (χ0) is 13.0. The molecule has 1 amide bonds. The molecule has 1 aromatic heterocycles. The van der Waals surface area contributed by atoms with Gasteiger partial charge in [-0.25, -0.2) is 4.98 Å². The average Bonchev–Trinajstić information content (AvgIpc) is 2.81. The largest absolute Gasteiger partial charge is 0.349 e. The molecule has 5 heteroatoms. The SMILES string of the molecule is Cc1ncsc1CNC(=O)[C@@H](N)c1ccccc1. The van der Waals surface area contributed by atoms with Crippen LogP contribution in [0.1, 0.15) is 22.2 Å². The van der Waals surface area contributed by atoms with Crippen LogP contribution >= 0.6 is 11.3 Å². The van der Waals surface area contributed by atoms with Crippen LogP contribution in [0.3, 0.4) is 0 Å². The molecule has 1 atom stereocenters. The molecule has 0 bridgehead atoms. The molecule has 0 aliphatic carbocycles. The maximum absolute atomic E-state index is 11.9. The summed E-state index contributed by atoms with van der Waals surface area (Å²) in [6.07, 6.45) is 0. The van der Waals surface area contributed by atoms with Crippen LogP contribution in [-0.2, 0) is 11.3 Å². The molecule has 0 aliphatic rings. The molecule has 0 aliphatic heterocycles. The van der Waals surface area contributed by atoms with E-state index in [-0.39, 0.29) is 5.91 Å². The van der Waals surface area contributed by atoms with Crippen LogP contribution in [0.2, 0.25) is 0 Å². The molecular formula is C13H15N3OS. The van der Waals surface area contributed by atoms with Gasteiger partial charge in [-0.15, -0.1) is 11.3 Å². The van der Waals surface area contributed by atoms with Crippen LogP contribution in [0.25, 0.3) is 0 Å². The van der Waals surface area contributed by atoms with E-state index in [1.165, 1.54) is 11.3 Å². The highest BCUT2D eigenvalue weighted by Gasteiger charge is 2.15. The van der Waals surface area contributed by atoms with E-state index in [0.717, 1.165) is 16.1 Å². The van der Waals surface area contributed by atoms with Gasteiger partial charge in [-0.2, -0.15) is 0 Å². The third kappa shape index (κ3) is 2.94. The Bertz CT molecular complexity index is 524. The Morgan fingerprint density at radius 2 is 2.17 bits per heavy atom. The van der Waals surface area contributed by atoms with E-state index in [1.54, 1.807) is 5.51 Å². The maximum Gasteiger partial charge on any atom is 0.241 e. The molecule has 0 fully saturated rings. The lowest BCUT2D eigenvalue weighted by Crippen LogP contribution is -2.33. The minimum atomic E-state index is -0.626. The molecule has 0 radical (unpaired) electrons. The lowest BCUT2D eigenvalue weighted by Gasteiger charge is -2.12. The van der Waals surface area contributed by atoms with Gasteiger partial charge < -0.3 is 11.1 Å². The molecule has 94 valence electrons. The first kappa shape index (κ1) is 12.7. The molecule has 1 aromatic carbocycles. The van der Waals surface area contributed by atoms with Crippen molar-refractivity contribution in [2.75, 3.05) is 0 Å². The topological polar surface area (TPSA) is 68.0 Å². The number of thiazole rings is 1. The van der Waals surface area contributed by atoms with E-state index in [1.807, 2.05) is 37.3 Å². The fourth-order valence-electron chi connectivity index (χ4n) is 1.58. The zero-order valence-corrected chi connectivity index (χ0v) is 10.9. The van der Waals surface area contributed by atoms with E-state index in [4.69, 9.17) is 5.73 Å². The number of aromatic nitrogens is 1. The van der Waals surface area contributed by atoms with Crippen molar-refractivity contribution in [3.8, 4) is 0 Å². The van der Waals surface area contributed by atoms with Gasteiger partial charge in [0.25, 0.3) is 0 Å². The zero-order valence-electron chi connectivity index (χ0n) is 10.1. The van der Waals surface area contributed by atoms with Gasteiger partial charge >= 0.3 is 0 Å². The summed E-state index contributed by atoms with van der Waals surface area (Å²) in [6, 6.07) is 8.71. The van der Waals surface area contributed by atoms with E-state index in [2.05, 4.69) is 10.3 Å². The predicted octanol–water partition coefficient (Wildman–Crippen LogP) is 1.77. The van der Waals surface area contributed by atoms with E-state index in [0.29, 0.717) is 6.54 Å². The number of nitrogens with zero attached hydrogens (tertiary/aromatic N) is 1. The molecular weight excluding hydrogens is 246 g/mol. The summed E-state index contributed by atoms with van der Waals surface area (Å²) in [4.78, 5) is 17.1. The Balaban J connectivity index is 1.95. The summed E-state index contributed by atoms with van der Waals surface area (Å²) in [7, 11) is 0. The summed E-state index contributed by atoms with van der Waals surface area (Å²) >= 11 is 1.53. The lowest BCUT2D eigenvalue weighted by molar-refractivity contribution is -0.122. The second kappa shape index (κ2) is 5.75. The minimum Gasteiger partial charge on any atom is -0.349 e. The number of aryl methyl sites for hydroxylation is 1. The number of hydrogen-bond acceptors (Lipinski definition) is 4. The third-order valence-corrected chi connectivity index (χ3v) is 3.64. The monoisotopic (exact) mass is 261 g/mol. The van der Waals surface area contributed by atoms with Crippen molar-refractivity contribution in [3.63, 3.8) is 0 Å². The van der Waals surface area contributed by atoms with E-state index < -0.39 is 6.04 Å². The molecule has 3 N–H and O–H groups in total.